The van der Waals surface area contributed by atoms with Gasteiger partial charge in [0.15, 0.2) is 0 Å². The number of rotatable bonds is 6. The Morgan fingerprint density at radius 2 is 2.11 bits per heavy atom. The van der Waals surface area contributed by atoms with Gasteiger partial charge in [-0.2, -0.15) is 0 Å². The zero-order chi connectivity index (χ0) is 19.2. The van der Waals surface area contributed by atoms with Gasteiger partial charge in [0, 0.05) is 43.8 Å². The van der Waals surface area contributed by atoms with Crippen molar-refractivity contribution in [3.05, 3.63) is 42.7 Å². The standard InChI is InChI=1S/C21H26N4O3/c26-20(16-5-2-11-25(14-16)21-22-9-4-10-23-21)24-17-6-1-7-18(13-17)28-15-19-8-3-12-27-19/h1,4,6-7,9-10,13,16,19H,2-3,5,8,11-12,14-15H2,(H,24,26). The highest BCUT2D eigenvalue weighted by molar-refractivity contribution is 5.93. The van der Waals surface area contributed by atoms with Crippen LogP contribution in [0.15, 0.2) is 42.7 Å². The zero-order valence-corrected chi connectivity index (χ0v) is 15.9. The van der Waals surface area contributed by atoms with Crippen LogP contribution in [0.25, 0.3) is 0 Å². The van der Waals surface area contributed by atoms with Gasteiger partial charge in [0.1, 0.15) is 12.4 Å². The van der Waals surface area contributed by atoms with Gasteiger partial charge in [0.05, 0.1) is 12.0 Å². The molecule has 0 spiro atoms. The molecule has 0 aliphatic carbocycles. The monoisotopic (exact) mass is 382 g/mol. The summed E-state index contributed by atoms with van der Waals surface area (Å²) < 4.78 is 11.4. The number of hydrogen-bond donors (Lipinski definition) is 1. The second kappa shape index (κ2) is 9.01. The fourth-order valence-corrected chi connectivity index (χ4v) is 3.70. The summed E-state index contributed by atoms with van der Waals surface area (Å²) in [7, 11) is 0. The summed E-state index contributed by atoms with van der Waals surface area (Å²) in [5, 5.41) is 3.03. The van der Waals surface area contributed by atoms with E-state index < -0.39 is 0 Å². The minimum absolute atomic E-state index is 0.0249. The summed E-state index contributed by atoms with van der Waals surface area (Å²) in [6, 6.07) is 9.35. The third-order valence-corrected chi connectivity index (χ3v) is 5.19. The largest absolute Gasteiger partial charge is 0.491 e. The Balaban J connectivity index is 1.33. The first-order valence-electron chi connectivity index (χ1n) is 9.95. The Morgan fingerprint density at radius 1 is 1.21 bits per heavy atom. The minimum Gasteiger partial charge on any atom is -0.491 e. The Hall–Kier alpha value is -2.67. The summed E-state index contributed by atoms with van der Waals surface area (Å²) in [5.41, 5.74) is 0.753. The molecular weight excluding hydrogens is 356 g/mol. The molecule has 1 aromatic carbocycles. The van der Waals surface area contributed by atoms with Crippen LogP contribution in [-0.2, 0) is 9.53 Å². The van der Waals surface area contributed by atoms with E-state index in [1.807, 2.05) is 24.3 Å². The van der Waals surface area contributed by atoms with Crippen LogP contribution in [0.4, 0.5) is 11.6 Å². The first-order valence-corrected chi connectivity index (χ1v) is 9.95. The van der Waals surface area contributed by atoms with E-state index in [2.05, 4.69) is 20.2 Å². The Labute approximate surface area is 165 Å². The van der Waals surface area contributed by atoms with Crippen LogP contribution < -0.4 is 15.0 Å². The summed E-state index contributed by atoms with van der Waals surface area (Å²) >= 11 is 0. The number of piperidine rings is 1. The van der Waals surface area contributed by atoms with Gasteiger partial charge in [0.2, 0.25) is 11.9 Å². The maximum atomic E-state index is 12.8. The van der Waals surface area contributed by atoms with E-state index in [1.54, 1.807) is 18.5 Å². The van der Waals surface area contributed by atoms with E-state index in [4.69, 9.17) is 9.47 Å². The van der Waals surface area contributed by atoms with Gasteiger partial charge >= 0.3 is 0 Å². The third-order valence-electron chi connectivity index (χ3n) is 5.19. The molecule has 0 saturated carbocycles. The molecule has 2 saturated heterocycles. The molecule has 2 fully saturated rings. The molecule has 7 nitrogen and oxygen atoms in total. The normalized spacial score (nSPS) is 22.1. The predicted octanol–water partition coefficient (Wildman–Crippen LogP) is 2.89. The van der Waals surface area contributed by atoms with Gasteiger partial charge in [-0.15, -0.1) is 0 Å². The molecule has 2 atom stereocenters. The predicted molar refractivity (Wildman–Crippen MR) is 107 cm³/mol. The zero-order valence-electron chi connectivity index (χ0n) is 15.9. The lowest BCUT2D eigenvalue weighted by molar-refractivity contribution is -0.120. The number of carbonyl (C=O) groups excluding carboxylic acids is 1. The topological polar surface area (TPSA) is 76.6 Å². The average Bonchev–Trinajstić information content (AvgIpc) is 3.27. The summed E-state index contributed by atoms with van der Waals surface area (Å²) in [5.74, 6) is 1.37. The van der Waals surface area contributed by atoms with Crippen molar-refractivity contribution in [2.75, 3.05) is 36.5 Å². The Bertz CT molecular complexity index is 780. The molecule has 0 radical (unpaired) electrons. The number of nitrogens with zero attached hydrogens (tertiary/aromatic N) is 3. The second-order valence-corrected chi connectivity index (χ2v) is 7.30. The molecule has 2 aliphatic rings. The van der Waals surface area contributed by atoms with Crippen molar-refractivity contribution in [1.82, 2.24) is 9.97 Å². The van der Waals surface area contributed by atoms with Gasteiger partial charge in [-0.3, -0.25) is 4.79 Å². The van der Waals surface area contributed by atoms with Crippen molar-refractivity contribution in [3.63, 3.8) is 0 Å². The van der Waals surface area contributed by atoms with Crippen molar-refractivity contribution >= 4 is 17.5 Å². The average molecular weight is 382 g/mol. The minimum atomic E-state index is -0.0889. The van der Waals surface area contributed by atoms with Crippen molar-refractivity contribution in [1.29, 1.82) is 0 Å². The molecule has 2 aliphatic heterocycles. The van der Waals surface area contributed by atoms with E-state index in [9.17, 15) is 4.79 Å². The molecule has 4 rings (SSSR count). The fraction of sp³-hybridized carbons (Fsp3) is 0.476. The molecule has 2 aromatic rings. The van der Waals surface area contributed by atoms with E-state index in [1.165, 1.54) is 0 Å². The molecule has 148 valence electrons. The van der Waals surface area contributed by atoms with Gasteiger partial charge in [0.25, 0.3) is 0 Å². The van der Waals surface area contributed by atoms with Gasteiger partial charge in [-0.05, 0) is 43.9 Å². The number of hydrogen-bond acceptors (Lipinski definition) is 6. The molecule has 1 amide bonds. The third kappa shape index (κ3) is 4.78. The van der Waals surface area contributed by atoms with Crippen LogP contribution in [0.1, 0.15) is 25.7 Å². The summed E-state index contributed by atoms with van der Waals surface area (Å²) in [4.78, 5) is 23.5. The van der Waals surface area contributed by atoms with Crippen molar-refractivity contribution in [2.45, 2.75) is 31.8 Å². The summed E-state index contributed by atoms with van der Waals surface area (Å²) in [6.07, 6.45) is 7.58. The highest BCUT2D eigenvalue weighted by atomic mass is 16.5. The van der Waals surface area contributed by atoms with Crippen LogP contribution in [0.3, 0.4) is 0 Å². The van der Waals surface area contributed by atoms with Crippen molar-refractivity contribution < 1.29 is 14.3 Å². The molecule has 3 heterocycles. The van der Waals surface area contributed by atoms with E-state index in [0.717, 1.165) is 50.3 Å². The number of benzene rings is 1. The van der Waals surface area contributed by atoms with Gasteiger partial charge < -0.3 is 19.7 Å². The van der Waals surface area contributed by atoms with Crippen molar-refractivity contribution in [3.8, 4) is 5.75 Å². The lowest BCUT2D eigenvalue weighted by Crippen LogP contribution is -2.41. The molecule has 1 aromatic heterocycles. The number of aromatic nitrogens is 2. The number of carbonyl (C=O) groups is 1. The maximum Gasteiger partial charge on any atom is 0.229 e. The summed E-state index contributed by atoms with van der Waals surface area (Å²) in [6.45, 7) is 2.87. The van der Waals surface area contributed by atoms with Crippen LogP contribution in [0.2, 0.25) is 0 Å². The van der Waals surface area contributed by atoms with Gasteiger partial charge in [-0.1, -0.05) is 6.07 Å². The number of nitrogens with one attached hydrogen (secondary N) is 1. The molecule has 28 heavy (non-hydrogen) atoms. The van der Waals surface area contributed by atoms with Crippen LogP contribution in [0.5, 0.6) is 5.75 Å². The lowest BCUT2D eigenvalue weighted by atomic mass is 9.97. The Morgan fingerprint density at radius 3 is 2.93 bits per heavy atom. The molecule has 0 bridgehead atoms. The molecule has 2 unspecified atom stereocenters. The molecule has 1 N–H and O–H groups in total. The number of ether oxygens (including phenoxy) is 2. The van der Waals surface area contributed by atoms with Crippen molar-refractivity contribution in [2.24, 2.45) is 5.92 Å². The van der Waals surface area contributed by atoms with E-state index in [-0.39, 0.29) is 17.9 Å². The second-order valence-electron chi connectivity index (χ2n) is 7.30. The fourth-order valence-electron chi connectivity index (χ4n) is 3.70. The highest BCUT2D eigenvalue weighted by Gasteiger charge is 2.27. The van der Waals surface area contributed by atoms with Crippen LogP contribution in [0, 0.1) is 5.92 Å². The van der Waals surface area contributed by atoms with E-state index >= 15 is 0 Å². The number of anilines is 2. The SMILES string of the molecule is O=C(Nc1cccc(OCC2CCCO2)c1)C1CCCN(c2ncccn2)C1. The number of amides is 1. The van der Waals surface area contributed by atoms with Gasteiger partial charge in [-0.25, -0.2) is 9.97 Å². The maximum absolute atomic E-state index is 12.8. The first kappa shape index (κ1) is 18.7. The quantitative estimate of drug-likeness (QED) is 0.828. The lowest BCUT2D eigenvalue weighted by Gasteiger charge is -2.31. The van der Waals surface area contributed by atoms with Crippen LogP contribution >= 0.6 is 0 Å². The van der Waals surface area contributed by atoms with Crippen LogP contribution in [-0.4, -0.2) is 48.3 Å². The Kier molecular flexibility index (Phi) is 6.01. The first-order chi connectivity index (χ1) is 13.8. The highest BCUT2D eigenvalue weighted by Crippen LogP contribution is 2.23. The molecular formula is C21H26N4O3. The smallest absolute Gasteiger partial charge is 0.229 e. The van der Waals surface area contributed by atoms with E-state index in [0.29, 0.717) is 19.1 Å². The molecule has 7 heteroatoms.